The average Bonchev–Trinajstić information content (AvgIpc) is 3.15. The summed E-state index contributed by atoms with van der Waals surface area (Å²) in [7, 11) is 1.59. The monoisotopic (exact) mass is 412 g/mol. The maximum absolute atomic E-state index is 13.7. The van der Waals surface area contributed by atoms with Gasteiger partial charge in [0.25, 0.3) is 0 Å². The van der Waals surface area contributed by atoms with Crippen LogP contribution in [0, 0.1) is 23.7 Å². The van der Waals surface area contributed by atoms with Crippen molar-refractivity contribution in [3.05, 3.63) is 70.3 Å². The van der Waals surface area contributed by atoms with E-state index in [4.69, 9.17) is 4.74 Å². The minimum Gasteiger partial charge on any atom is -0.497 e. The van der Waals surface area contributed by atoms with Gasteiger partial charge >= 0.3 is 6.18 Å². The fraction of sp³-hybridized carbons (Fsp3) is 0.400. The largest absolute Gasteiger partial charge is 0.497 e. The molecule has 0 radical (unpaired) electrons. The van der Waals surface area contributed by atoms with Gasteiger partial charge in [-0.25, -0.2) is 0 Å². The van der Waals surface area contributed by atoms with Gasteiger partial charge < -0.3 is 4.74 Å². The third-order valence-electron chi connectivity index (χ3n) is 7.28. The first-order valence-electron chi connectivity index (χ1n) is 10.4. The number of carbonyl (C=O) groups is 1. The van der Waals surface area contributed by atoms with Crippen molar-refractivity contribution in [1.82, 2.24) is 0 Å². The van der Waals surface area contributed by atoms with Crippen molar-refractivity contribution < 1.29 is 22.7 Å². The molecule has 4 bridgehead atoms. The lowest BCUT2D eigenvalue weighted by molar-refractivity contribution is -0.137. The molecule has 0 heterocycles. The van der Waals surface area contributed by atoms with Crippen LogP contribution in [0.5, 0.6) is 5.75 Å². The second kappa shape index (κ2) is 7.00. The second-order valence-electron chi connectivity index (χ2n) is 8.85. The lowest BCUT2D eigenvalue weighted by Gasteiger charge is -2.30. The standard InChI is InChI=1S/C25H23F3O2/c1-30-20-6-4-15(5-7-20)23(24-19-9-14-8-18(11-19)21(24)10-14)16-2-3-17(13-29)22(12-16)25(26,27)28/h2-7,12-14,18-19,21H,8-11H2,1H3/b24-23-. The van der Waals surface area contributed by atoms with E-state index in [1.54, 1.807) is 13.2 Å². The molecule has 2 aromatic carbocycles. The summed E-state index contributed by atoms with van der Waals surface area (Å²) in [5, 5.41) is 0. The van der Waals surface area contributed by atoms with Crippen LogP contribution in [0.4, 0.5) is 13.2 Å². The topological polar surface area (TPSA) is 26.3 Å². The van der Waals surface area contributed by atoms with Gasteiger partial charge in [0.15, 0.2) is 6.29 Å². The van der Waals surface area contributed by atoms with E-state index in [1.807, 2.05) is 24.3 Å². The molecule has 4 atom stereocenters. The predicted octanol–water partition coefficient (Wildman–Crippen LogP) is 6.39. The van der Waals surface area contributed by atoms with Gasteiger partial charge in [-0.3, -0.25) is 4.79 Å². The van der Waals surface area contributed by atoms with Crippen LogP contribution >= 0.6 is 0 Å². The summed E-state index contributed by atoms with van der Waals surface area (Å²) >= 11 is 0. The van der Waals surface area contributed by atoms with Crippen LogP contribution in [0.25, 0.3) is 5.57 Å². The summed E-state index contributed by atoms with van der Waals surface area (Å²) in [4.78, 5) is 11.2. The molecule has 156 valence electrons. The van der Waals surface area contributed by atoms with Crippen LogP contribution < -0.4 is 4.74 Å². The number of benzene rings is 2. The van der Waals surface area contributed by atoms with Gasteiger partial charge in [0, 0.05) is 5.56 Å². The van der Waals surface area contributed by atoms with Crippen molar-refractivity contribution in [2.45, 2.75) is 31.9 Å². The van der Waals surface area contributed by atoms with Gasteiger partial charge in [0.1, 0.15) is 5.75 Å². The Labute approximate surface area is 173 Å². The fourth-order valence-corrected chi connectivity index (χ4v) is 6.20. The summed E-state index contributed by atoms with van der Waals surface area (Å²) in [6, 6.07) is 11.7. The van der Waals surface area contributed by atoms with E-state index in [1.165, 1.54) is 18.1 Å². The summed E-state index contributed by atoms with van der Waals surface area (Å²) in [5.41, 5.74) is 2.51. The average molecular weight is 412 g/mol. The van der Waals surface area contributed by atoms with Crippen molar-refractivity contribution in [3.63, 3.8) is 0 Å². The number of aldehydes is 1. The third kappa shape index (κ3) is 3.06. The molecule has 0 aromatic heterocycles. The fourth-order valence-electron chi connectivity index (χ4n) is 6.20. The lowest BCUT2D eigenvalue weighted by Crippen LogP contribution is -2.17. The van der Waals surface area contributed by atoms with Gasteiger partial charge in [-0.2, -0.15) is 13.2 Å². The van der Waals surface area contributed by atoms with Crippen molar-refractivity contribution >= 4 is 11.9 Å². The minimum atomic E-state index is -4.57. The second-order valence-corrected chi connectivity index (χ2v) is 8.85. The maximum atomic E-state index is 13.7. The Morgan fingerprint density at radius 2 is 1.73 bits per heavy atom. The normalized spacial score (nSPS) is 28.7. The van der Waals surface area contributed by atoms with E-state index < -0.39 is 11.7 Å². The molecule has 5 heteroatoms. The lowest BCUT2D eigenvalue weighted by atomic mass is 9.75. The number of halogens is 3. The van der Waals surface area contributed by atoms with Crippen LogP contribution in [-0.4, -0.2) is 13.4 Å². The van der Waals surface area contributed by atoms with E-state index in [9.17, 15) is 18.0 Å². The SMILES string of the molecule is COc1ccc(/C(=C2\C3CC4CC(C3)C2C4)c2ccc(C=O)c(C(F)(F)F)c2)cc1. The number of hydrogen-bond acceptors (Lipinski definition) is 2. The van der Waals surface area contributed by atoms with Crippen molar-refractivity contribution in [3.8, 4) is 5.75 Å². The van der Waals surface area contributed by atoms with Gasteiger partial charge in [-0.15, -0.1) is 0 Å². The molecule has 0 N–H and O–H groups in total. The molecule has 4 aliphatic carbocycles. The first kappa shape index (κ1) is 19.4. The highest BCUT2D eigenvalue weighted by Gasteiger charge is 2.51. The zero-order valence-electron chi connectivity index (χ0n) is 16.7. The Morgan fingerprint density at radius 3 is 2.37 bits per heavy atom. The summed E-state index contributed by atoms with van der Waals surface area (Å²) < 4.78 is 46.3. The predicted molar refractivity (Wildman–Crippen MR) is 108 cm³/mol. The van der Waals surface area contributed by atoms with Crippen LogP contribution in [0.3, 0.4) is 0 Å². The highest BCUT2D eigenvalue weighted by molar-refractivity contribution is 5.86. The molecule has 6 rings (SSSR count). The van der Waals surface area contributed by atoms with Crippen LogP contribution in [0.1, 0.15) is 52.7 Å². The zero-order valence-corrected chi connectivity index (χ0v) is 16.7. The Bertz CT molecular complexity index is 1020. The van der Waals surface area contributed by atoms with Crippen molar-refractivity contribution in [2.75, 3.05) is 7.11 Å². The van der Waals surface area contributed by atoms with Crippen LogP contribution in [0.15, 0.2) is 48.0 Å². The molecule has 4 saturated carbocycles. The van der Waals surface area contributed by atoms with Gasteiger partial charge in [0.05, 0.1) is 12.7 Å². The highest BCUT2D eigenvalue weighted by atomic mass is 19.4. The Kier molecular flexibility index (Phi) is 4.53. The highest BCUT2D eigenvalue weighted by Crippen LogP contribution is 2.62. The Morgan fingerprint density at radius 1 is 1.00 bits per heavy atom. The molecular formula is C25H23F3O2. The molecule has 0 aliphatic heterocycles. The van der Waals surface area contributed by atoms with Gasteiger partial charge in [-0.05, 0) is 84.3 Å². The molecule has 30 heavy (non-hydrogen) atoms. The third-order valence-corrected chi connectivity index (χ3v) is 7.28. The summed E-state index contributed by atoms with van der Waals surface area (Å²) in [6.07, 6.45) is 0.392. The number of hydrogen-bond donors (Lipinski definition) is 0. The quantitative estimate of drug-likeness (QED) is 0.544. The maximum Gasteiger partial charge on any atom is 0.417 e. The van der Waals surface area contributed by atoms with E-state index in [0.717, 1.165) is 42.4 Å². The number of carbonyl (C=O) groups excluding carboxylic acids is 1. The molecule has 4 unspecified atom stereocenters. The number of methoxy groups -OCH3 is 1. The first-order valence-corrected chi connectivity index (χ1v) is 10.4. The molecule has 2 nitrogen and oxygen atoms in total. The number of rotatable bonds is 4. The van der Waals surface area contributed by atoms with Gasteiger partial charge in [0.2, 0.25) is 0 Å². The molecule has 0 saturated heterocycles. The summed E-state index contributed by atoms with van der Waals surface area (Å²) in [6.45, 7) is 0. The van der Waals surface area contributed by atoms with Crippen LogP contribution in [-0.2, 0) is 6.18 Å². The molecule has 0 amide bonds. The van der Waals surface area contributed by atoms with Crippen molar-refractivity contribution in [1.29, 1.82) is 0 Å². The molecule has 4 fully saturated rings. The van der Waals surface area contributed by atoms with E-state index in [2.05, 4.69) is 0 Å². The first-order chi connectivity index (χ1) is 14.4. The molecule has 2 aromatic rings. The van der Waals surface area contributed by atoms with Crippen LogP contribution in [0.2, 0.25) is 0 Å². The molecular weight excluding hydrogens is 389 g/mol. The van der Waals surface area contributed by atoms with E-state index >= 15 is 0 Å². The Hall–Kier alpha value is -2.56. The zero-order chi connectivity index (χ0) is 21.0. The number of ether oxygens (including phenoxy) is 1. The van der Waals surface area contributed by atoms with E-state index in [-0.39, 0.29) is 11.8 Å². The minimum absolute atomic E-state index is 0.284. The van der Waals surface area contributed by atoms with Crippen molar-refractivity contribution in [2.24, 2.45) is 23.7 Å². The smallest absolute Gasteiger partial charge is 0.417 e. The van der Waals surface area contributed by atoms with Gasteiger partial charge in [-0.1, -0.05) is 29.8 Å². The Balaban J connectivity index is 1.72. The van der Waals surface area contributed by atoms with E-state index in [0.29, 0.717) is 29.1 Å². The molecule has 0 spiro atoms. The molecule has 4 aliphatic rings. The number of alkyl halides is 3. The number of allylic oxidation sites excluding steroid dienone is 1. The summed E-state index contributed by atoms with van der Waals surface area (Å²) in [5.74, 6) is 3.05.